The maximum absolute atomic E-state index is 12.9. The molecule has 0 spiro atoms. The van der Waals surface area contributed by atoms with Gasteiger partial charge in [0.05, 0.1) is 7.92 Å². The van der Waals surface area contributed by atoms with Crippen LogP contribution >= 0.6 is 7.92 Å². The summed E-state index contributed by atoms with van der Waals surface area (Å²) >= 11 is 0. The highest BCUT2D eigenvalue weighted by atomic mass is 31.1. The predicted molar refractivity (Wildman–Crippen MR) is 91.3 cm³/mol. The monoisotopic (exact) mass is 346 g/mol. The molecular weight excluding hydrogens is 330 g/mol. The molecule has 0 fully saturated rings. The van der Waals surface area contributed by atoms with Gasteiger partial charge in [-0.2, -0.15) is 13.2 Å². The fourth-order valence-corrected chi connectivity index (χ4v) is 4.93. The molecule has 0 saturated heterocycles. The van der Waals surface area contributed by atoms with Gasteiger partial charge in [0, 0.05) is 6.07 Å². The van der Waals surface area contributed by atoms with E-state index in [2.05, 4.69) is 0 Å². The third kappa shape index (κ3) is 3.49. The largest absolute Gasteiger partial charge is 0.422 e. The average Bonchev–Trinajstić information content (AvgIpc) is 2.58. The molecule has 5 heteroatoms. The number of aromatic nitrogens is 1. The molecule has 122 valence electrons. The zero-order chi connectivity index (χ0) is 17.2. The van der Waals surface area contributed by atoms with E-state index in [-0.39, 0.29) is 0 Å². The van der Waals surface area contributed by atoms with Crippen LogP contribution in [0.15, 0.2) is 79.0 Å². The van der Waals surface area contributed by atoms with Gasteiger partial charge in [-0.15, -0.1) is 0 Å². The molecule has 3 aromatic rings. The lowest BCUT2D eigenvalue weighted by Gasteiger charge is -2.17. The van der Waals surface area contributed by atoms with Crippen LogP contribution < -0.4 is 20.6 Å². The van der Waals surface area contributed by atoms with Gasteiger partial charge < -0.3 is 0 Å². The van der Waals surface area contributed by atoms with Crippen LogP contribution in [0.4, 0.5) is 13.2 Å². The van der Waals surface area contributed by atoms with Gasteiger partial charge in [-0.1, -0.05) is 60.7 Å². The van der Waals surface area contributed by atoms with Crippen molar-refractivity contribution in [2.45, 2.75) is 6.18 Å². The summed E-state index contributed by atoms with van der Waals surface area (Å²) in [5, 5.41) is 2.21. The number of benzene rings is 2. The van der Waals surface area contributed by atoms with Crippen LogP contribution in [0.5, 0.6) is 0 Å². The molecular formula is C19H16F3NP+. The normalized spacial score (nSPS) is 11.7. The van der Waals surface area contributed by atoms with E-state index in [0.717, 1.165) is 28.3 Å². The topological polar surface area (TPSA) is 3.88 Å². The van der Waals surface area contributed by atoms with Gasteiger partial charge in [0.15, 0.2) is 6.20 Å². The van der Waals surface area contributed by atoms with Crippen molar-refractivity contribution < 1.29 is 17.7 Å². The molecule has 0 N–H and O–H groups in total. The van der Waals surface area contributed by atoms with E-state index >= 15 is 0 Å². The molecule has 0 saturated carbocycles. The van der Waals surface area contributed by atoms with Crippen molar-refractivity contribution in [1.82, 2.24) is 0 Å². The van der Waals surface area contributed by atoms with E-state index in [4.69, 9.17) is 0 Å². The third-order valence-corrected chi connectivity index (χ3v) is 6.24. The molecule has 3 rings (SSSR count). The van der Waals surface area contributed by atoms with Crippen molar-refractivity contribution >= 4 is 24.0 Å². The fourth-order valence-electron chi connectivity index (χ4n) is 2.57. The molecule has 0 atom stereocenters. The average molecular weight is 346 g/mol. The molecule has 1 heterocycles. The summed E-state index contributed by atoms with van der Waals surface area (Å²) in [6, 6.07) is 22.6. The highest BCUT2D eigenvalue weighted by Gasteiger charge is 2.34. The lowest BCUT2D eigenvalue weighted by molar-refractivity contribution is -0.654. The van der Waals surface area contributed by atoms with Crippen LogP contribution in [0.2, 0.25) is 0 Å². The van der Waals surface area contributed by atoms with Gasteiger partial charge in [0.2, 0.25) is 5.44 Å². The number of halogens is 3. The summed E-state index contributed by atoms with van der Waals surface area (Å²) in [6.45, 7) is 0. The molecule has 0 unspecified atom stereocenters. The third-order valence-electron chi connectivity index (χ3n) is 3.69. The lowest BCUT2D eigenvalue weighted by atomic mass is 10.3. The number of hydrogen-bond acceptors (Lipinski definition) is 0. The quantitative estimate of drug-likeness (QED) is 0.506. The van der Waals surface area contributed by atoms with Crippen molar-refractivity contribution in [3.05, 3.63) is 84.6 Å². The Kier molecular flexibility index (Phi) is 4.68. The molecule has 0 aliphatic carbocycles. The first-order chi connectivity index (χ1) is 11.5. The van der Waals surface area contributed by atoms with Crippen LogP contribution in [-0.4, -0.2) is 0 Å². The molecule has 1 aromatic heterocycles. The maximum atomic E-state index is 12.9. The lowest BCUT2D eigenvalue weighted by Crippen LogP contribution is -2.47. The van der Waals surface area contributed by atoms with Crippen LogP contribution in [0.1, 0.15) is 5.56 Å². The number of rotatable bonds is 3. The van der Waals surface area contributed by atoms with Crippen molar-refractivity contribution in [2.75, 3.05) is 0 Å². The molecule has 2 aromatic carbocycles. The van der Waals surface area contributed by atoms with Crippen LogP contribution in [0, 0.1) is 0 Å². The highest BCUT2D eigenvalue weighted by Crippen LogP contribution is 2.33. The van der Waals surface area contributed by atoms with Gasteiger partial charge in [-0.3, -0.25) is 0 Å². The molecule has 0 aliphatic rings. The van der Waals surface area contributed by atoms with Gasteiger partial charge in [0.1, 0.15) is 12.6 Å². The van der Waals surface area contributed by atoms with Crippen molar-refractivity contribution in [3.8, 4) is 0 Å². The standard InChI is InChI=1S/C19H16F3NP/c1-23-14-15(19(20,21)22)12-13-18(23)24(16-8-4-2-5-9-16)17-10-6-3-7-11-17/h2-14H,1H3/q+1. The van der Waals surface area contributed by atoms with E-state index < -0.39 is 19.7 Å². The molecule has 24 heavy (non-hydrogen) atoms. The predicted octanol–water partition coefficient (Wildman–Crippen LogP) is 3.29. The van der Waals surface area contributed by atoms with Gasteiger partial charge in [0.25, 0.3) is 0 Å². The first kappa shape index (κ1) is 16.7. The number of nitrogens with zero attached hydrogens (tertiary/aromatic N) is 1. The molecule has 0 aliphatic heterocycles. The van der Waals surface area contributed by atoms with Crippen molar-refractivity contribution in [1.29, 1.82) is 0 Å². The van der Waals surface area contributed by atoms with E-state index in [0.29, 0.717) is 0 Å². The van der Waals surface area contributed by atoms with E-state index in [1.54, 1.807) is 17.7 Å². The van der Waals surface area contributed by atoms with Gasteiger partial charge in [-0.25, -0.2) is 4.57 Å². The van der Waals surface area contributed by atoms with E-state index in [9.17, 15) is 13.2 Å². The zero-order valence-electron chi connectivity index (χ0n) is 13.0. The number of pyridine rings is 1. The Balaban J connectivity index is 2.14. The minimum Gasteiger partial charge on any atom is -0.200 e. The Hall–Kier alpha value is -2.19. The summed E-state index contributed by atoms with van der Waals surface area (Å²) in [5.41, 5.74) is 0.236. The van der Waals surface area contributed by atoms with Crippen molar-refractivity contribution in [3.63, 3.8) is 0 Å². The summed E-state index contributed by atoms with van der Waals surface area (Å²) in [7, 11) is 0.753. The first-order valence-electron chi connectivity index (χ1n) is 7.44. The zero-order valence-corrected chi connectivity index (χ0v) is 13.9. The SMILES string of the molecule is C[n+]1cc(C(F)(F)F)ccc1P(c1ccccc1)c1ccccc1. The number of hydrogen-bond donors (Lipinski definition) is 0. The van der Waals surface area contributed by atoms with Crippen molar-refractivity contribution in [2.24, 2.45) is 7.05 Å². The Labute approximate surface area is 140 Å². The van der Waals surface area contributed by atoms with Gasteiger partial charge >= 0.3 is 6.18 Å². The molecule has 0 amide bonds. The first-order valence-corrected chi connectivity index (χ1v) is 8.78. The van der Waals surface area contributed by atoms with Crippen LogP contribution in [-0.2, 0) is 13.2 Å². The second kappa shape index (κ2) is 6.74. The Morgan fingerprint density at radius 2 is 1.25 bits per heavy atom. The minimum absolute atomic E-state index is 0.634. The fraction of sp³-hybridized carbons (Fsp3) is 0.105. The summed E-state index contributed by atoms with van der Waals surface area (Å²) in [4.78, 5) is 0. The molecule has 0 bridgehead atoms. The minimum atomic E-state index is -4.33. The highest BCUT2D eigenvalue weighted by molar-refractivity contribution is 7.79. The summed E-state index contributed by atoms with van der Waals surface area (Å²) in [5.74, 6) is 0. The van der Waals surface area contributed by atoms with Crippen LogP contribution in [0.3, 0.4) is 0 Å². The van der Waals surface area contributed by atoms with E-state index in [1.165, 1.54) is 0 Å². The van der Waals surface area contributed by atoms with Gasteiger partial charge in [-0.05, 0) is 16.7 Å². The Morgan fingerprint density at radius 1 is 0.750 bits per heavy atom. The smallest absolute Gasteiger partial charge is 0.200 e. The number of aryl methyl sites for hydroxylation is 1. The maximum Gasteiger partial charge on any atom is 0.422 e. The second-order valence-corrected chi connectivity index (χ2v) is 7.55. The second-order valence-electron chi connectivity index (χ2n) is 5.39. The molecule has 1 nitrogen and oxygen atoms in total. The summed E-state index contributed by atoms with van der Waals surface area (Å²) < 4.78 is 40.4. The number of alkyl halides is 3. The molecule has 0 radical (unpaired) electrons. The van der Waals surface area contributed by atoms with Crippen LogP contribution in [0.25, 0.3) is 0 Å². The Bertz CT molecular complexity index is 778. The van der Waals surface area contributed by atoms with E-state index in [1.807, 2.05) is 60.7 Å². The Morgan fingerprint density at radius 3 is 1.67 bits per heavy atom. The summed E-state index contributed by atoms with van der Waals surface area (Å²) in [6.07, 6.45) is -3.17.